The van der Waals surface area contributed by atoms with E-state index in [0.29, 0.717) is 18.7 Å². The van der Waals surface area contributed by atoms with Crippen LogP contribution in [0, 0.1) is 5.82 Å². The summed E-state index contributed by atoms with van der Waals surface area (Å²) in [6, 6.07) is 9.60. The lowest BCUT2D eigenvalue weighted by Gasteiger charge is -2.32. The Hall–Kier alpha value is -2.96. The summed E-state index contributed by atoms with van der Waals surface area (Å²) in [6.07, 6.45) is 3.33. The fraction of sp³-hybridized carbons (Fsp3) is 0.350. The Labute approximate surface area is 157 Å². The fourth-order valence-electron chi connectivity index (χ4n) is 3.16. The fourth-order valence-corrected chi connectivity index (χ4v) is 3.16. The van der Waals surface area contributed by atoms with Crippen LogP contribution in [0.5, 0.6) is 5.75 Å². The van der Waals surface area contributed by atoms with Crippen LogP contribution in [0.3, 0.4) is 0 Å². The van der Waals surface area contributed by atoms with Gasteiger partial charge >= 0.3 is 0 Å². The standard InChI is InChI=1S/C20H22FN3O3/c1-22-20(26)14-8-9-17(23-11-14)15-5-4-10-24(12-15)19(25)13-27-18-7-3-2-6-16(18)21/h2-3,6-9,11,15H,4-5,10,12-13H2,1H3,(H,22,26)/t15-/m0/s1. The van der Waals surface area contributed by atoms with Gasteiger partial charge in [0.05, 0.1) is 5.56 Å². The van der Waals surface area contributed by atoms with Crippen LogP contribution in [0.15, 0.2) is 42.6 Å². The van der Waals surface area contributed by atoms with Crippen molar-refractivity contribution in [2.75, 3.05) is 26.7 Å². The van der Waals surface area contributed by atoms with Crippen LogP contribution in [0.1, 0.15) is 34.8 Å². The number of para-hydroxylation sites is 1. The maximum absolute atomic E-state index is 13.6. The average molecular weight is 371 g/mol. The van der Waals surface area contributed by atoms with Crippen molar-refractivity contribution in [1.29, 1.82) is 0 Å². The van der Waals surface area contributed by atoms with Gasteiger partial charge in [0.25, 0.3) is 11.8 Å². The predicted molar refractivity (Wildman–Crippen MR) is 98.1 cm³/mol. The molecule has 0 aliphatic carbocycles. The topological polar surface area (TPSA) is 71.5 Å². The van der Waals surface area contributed by atoms with Crippen LogP contribution in [0.4, 0.5) is 4.39 Å². The molecule has 1 atom stereocenters. The number of likely N-dealkylation sites (tertiary alicyclic amines) is 1. The van der Waals surface area contributed by atoms with Gasteiger partial charge in [-0.05, 0) is 37.1 Å². The Kier molecular flexibility index (Phi) is 6.01. The molecule has 1 fully saturated rings. The van der Waals surface area contributed by atoms with Crippen molar-refractivity contribution < 1.29 is 18.7 Å². The van der Waals surface area contributed by atoms with Gasteiger partial charge in [0.2, 0.25) is 0 Å². The molecule has 1 saturated heterocycles. The molecule has 1 aliphatic heterocycles. The molecule has 3 rings (SSSR count). The van der Waals surface area contributed by atoms with E-state index in [4.69, 9.17) is 4.74 Å². The quantitative estimate of drug-likeness (QED) is 0.876. The minimum atomic E-state index is -0.484. The van der Waals surface area contributed by atoms with E-state index in [-0.39, 0.29) is 30.1 Å². The second-order valence-corrected chi connectivity index (χ2v) is 6.45. The summed E-state index contributed by atoms with van der Waals surface area (Å²) in [4.78, 5) is 30.2. The second kappa shape index (κ2) is 8.62. The van der Waals surface area contributed by atoms with Gasteiger partial charge in [0.15, 0.2) is 18.2 Å². The molecule has 6 nitrogen and oxygen atoms in total. The molecule has 0 saturated carbocycles. The van der Waals surface area contributed by atoms with Gasteiger partial charge in [-0.3, -0.25) is 14.6 Å². The maximum Gasteiger partial charge on any atom is 0.260 e. The van der Waals surface area contributed by atoms with Gasteiger partial charge < -0.3 is 15.0 Å². The lowest BCUT2D eigenvalue weighted by atomic mass is 9.94. The summed E-state index contributed by atoms with van der Waals surface area (Å²) in [5.74, 6) is -0.660. The van der Waals surface area contributed by atoms with E-state index in [9.17, 15) is 14.0 Å². The van der Waals surface area contributed by atoms with Crippen molar-refractivity contribution in [1.82, 2.24) is 15.2 Å². The summed E-state index contributed by atoms with van der Waals surface area (Å²) >= 11 is 0. The zero-order chi connectivity index (χ0) is 19.2. The number of benzene rings is 1. The number of halogens is 1. The van der Waals surface area contributed by atoms with E-state index in [2.05, 4.69) is 10.3 Å². The van der Waals surface area contributed by atoms with Crippen LogP contribution in [-0.2, 0) is 4.79 Å². The number of rotatable bonds is 5. The Morgan fingerprint density at radius 2 is 2.11 bits per heavy atom. The van der Waals surface area contributed by atoms with Crippen LogP contribution in [-0.4, -0.2) is 48.4 Å². The molecule has 2 amide bonds. The smallest absolute Gasteiger partial charge is 0.260 e. The van der Waals surface area contributed by atoms with Crippen molar-refractivity contribution in [2.24, 2.45) is 0 Å². The summed E-state index contributed by atoms with van der Waals surface area (Å²) in [5, 5.41) is 2.56. The Balaban J connectivity index is 1.59. The third kappa shape index (κ3) is 4.61. The molecule has 142 valence electrons. The van der Waals surface area contributed by atoms with Crippen molar-refractivity contribution in [3.8, 4) is 5.75 Å². The zero-order valence-corrected chi connectivity index (χ0v) is 15.2. The first kappa shape index (κ1) is 18.8. The number of pyridine rings is 1. The lowest BCUT2D eigenvalue weighted by molar-refractivity contribution is -0.134. The van der Waals surface area contributed by atoms with Crippen LogP contribution in [0.2, 0.25) is 0 Å². The van der Waals surface area contributed by atoms with Crippen LogP contribution in [0.25, 0.3) is 0 Å². The third-order valence-corrected chi connectivity index (χ3v) is 4.66. The van der Waals surface area contributed by atoms with Gasteiger partial charge in [-0.25, -0.2) is 4.39 Å². The van der Waals surface area contributed by atoms with E-state index < -0.39 is 5.82 Å². The number of carbonyl (C=O) groups excluding carboxylic acids is 2. The van der Waals surface area contributed by atoms with Gasteiger partial charge in [-0.15, -0.1) is 0 Å². The Morgan fingerprint density at radius 1 is 1.30 bits per heavy atom. The summed E-state index contributed by atoms with van der Waals surface area (Å²) < 4.78 is 18.9. The Morgan fingerprint density at radius 3 is 2.81 bits per heavy atom. The van der Waals surface area contributed by atoms with Crippen molar-refractivity contribution >= 4 is 11.8 Å². The minimum absolute atomic E-state index is 0.0749. The van der Waals surface area contributed by atoms with E-state index in [1.807, 2.05) is 6.07 Å². The highest BCUT2D eigenvalue weighted by Crippen LogP contribution is 2.26. The highest BCUT2D eigenvalue weighted by atomic mass is 19.1. The SMILES string of the molecule is CNC(=O)c1ccc([C@H]2CCCN(C(=O)COc3ccccc3F)C2)nc1. The van der Waals surface area contributed by atoms with E-state index >= 15 is 0 Å². The lowest BCUT2D eigenvalue weighted by Crippen LogP contribution is -2.41. The van der Waals surface area contributed by atoms with E-state index in [0.717, 1.165) is 18.5 Å². The predicted octanol–water partition coefficient (Wildman–Crippen LogP) is 2.37. The van der Waals surface area contributed by atoms with Gasteiger partial charge in [0, 0.05) is 37.9 Å². The third-order valence-electron chi connectivity index (χ3n) is 4.66. The molecule has 0 bridgehead atoms. The highest BCUT2D eigenvalue weighted by Gasteiger charge is 2.26. The molecule has 1 aromatic heterocycles. The number of hydrogen-bond donors (Lipinski definition) is 1. The number of nitrogens with one attached hydrogen (secondary N) is 1. The normalized spacial score (nSPS) is 16.7. The van der Waals surface area contributed by atoms with Crippen molar-refractivity contribution in [3.63, 3.8) is 0 Å². The van der Waals surface area contributed by atoms with Gasteiger partial charge in [-0.2, -0.15) is 0 Å². The largest absolute Gasteiger partial charge is 0.481 e. The molecule has 1 aromatic carbocycles. The number of hydrogen-bond acceptors (Lipinski definition) is 4. The van der Waals surface area contributed by atoms with Crippen molar-refractivity contribution in [2.45, 2.75) is 18.8 Å². The van der Waals surface area contributed by atoms with Crippen LogP contribution >= 0.6 is 0 Å². The molecule has 0 unspecified atom stereocenters. The molecular weight excluding hydrogens is 349 g/mol. The minimum Gasteiger partial charge on any atom is -0.481 e. The number of ether oxygens (including phenoxy) is 1. The monoisotopic (exact) mass is 371 g/mol. The zero-order valence-electron chi connectivity index (χ0n) is 15.2. The molecule has 2 heterocycles. The summed E-state index contributed by atoms with van der Waals surface area (Å²) in [7, 11) is 1.57. The number of carbonyl (C=O) groups is 2. The molecule has 1 N–H and O–H groups in total. The molecule has 0 spiro atoms. The summed E-state index contributed by atoms with van der Waals surface area (Å²) in [6.45, 7) is 0.981. The number of aromatic nitrogens is 1. The van der Waals surface area contributed by atoms with E-state index in [1.54, 1.807) is 36.3 Å². The first-order chi connectivity index (χ1) is 13.1. The van der Waals surface area contributed by atoms with Crippen LogP contribution < -0.4 is 10.1 Å². The molecule has 7 heteroatoms. The second-order valence-electron chi connectivity index (χ2n) is 6.45. The number of amides is 2. The van der Waals surface area contributed by atoms with Gasteiger partial charge in [0.1, 0.15) is 0 Å². The number of nitrogens with zero attached hydrogens (tertiary/aromatic N) is 2. The van der Waals surface area contributed by atoms with E-state index in [1.165, 1.54) is 12.1 Å². The van der Waals surface area contributed by atoms with Gasteiger partial charge in [-0.1, -0.05) is 12.1 Å². The molecule has 27 heavy (non-hydrogen) atoms. The number of piperidine rings is 1. The average Bonchev–Trinajstić information content (AvgIpc) is 2.72. The highest BCUT2D eigenvalue weighted by molar-refractivity contribution is 5.93. The first-order valence-electron chi connectivity index (χ1n) is 8.91. The molecule has 2 aromatic rings. The first-order valence-corrected chi connectivity index (χ1v) is 8.91. The maximum atomic E-state index is 13.6. The molecular formula is C20H22FN3O3. The Bertz CT molecular complexity index is 810. The van der Waals surface area contributed by atoms with Crippen molar-refractivity contribution in [3.05, 3.63) is 59.7 Å². The molecule has 0 radical (unpaired) electrons. The molecule has 1 aliphatic rings. The summed E-state index contributed by atoms with van der Waals surface area (Å²) in [5.41, 5.74) is 1.36.